The minimum Gasteiger partial charge on any atom is -0.496 e. The summed E-state index contributed by atoms with van der Waals surface area (Å²) in [7, 11) is 3.08. The lowest BCUT2D eigenvalue weighted by molar-refractivity contribution is 0.292. The van der Waals surface area contributed by atoms with Crippen LogP contribution in [-0.2, 0) is 0 Å². The molecule has 1 unspecified atom stereocenters. The van der Waals surface area contributed by atoms with Gasteiger partial charge in [0.2, 0.25) is 0 Å². The number of methoxy groups -OCH3 is 2. The Bertz CT molecular complexity index is 1040. The molecule has 1 saturated heterocycles. The lowest BCUT2D eigenvalue weighted by Gasteiger charge is -2.12. The van der Waals surface area contributed by atoms with E-state index >= 15 is 0 Å². The van der Waals surface area contributed by atoms with Crippen molar-refractivity contribution in [3.05, 3.63) is 52.7 Å². The zero-order valence-electron chi connectivity index (χ0n) is 16.7. The summed E-state index contributed by atoms with van der Waals surface area (Å²) in [5, 5.41) is 3.87. The Labute approximate surface area is 169 Å². The van der Waals surface area contributed by atoms with Crippen LogP contribution < -0.4 is 25.0 Å². The van der Waals surface area contributed by atoms with E-state index in [-0.39, 0.29) is 5.43 Å². The SMILES string of the molecule is COc1cc(OC)c2c(=O)cc(-c3ccc(OCCC4CCCN4)cc3)oc2c1. The van der Waals surface area contributed by atoms with Gasteiger partial charge in [-0.15, -0.1) is 0 Å². The molecule has 1 fully saturated rings. The zero-order chi connectivity index (χ0) is 20.2. The Hall–Kier alpha value is -2.99. The van der Waals surface area contributed by atoms with Gasteiger partial charge in [0.1, 0.15) is 34.0 Å². The molecular weight excluding hydrogens is 370 g/mol. The zero-order valence-corrected chi connectivity index (χ0v) is 16.7. The van der Waals surface area contributed by atoms with Gasteiger partial charge >= 0.3 is 0 Å². The number of hydrogen-bond acceptors (Lipinski definition) is 6. The van der Waals surface area contributed by atoms with Gasteiger partial charge in [-0.3, -0.25) is 4.79 Å². The smallest absolute Gasteiger partial charge is 0.197 e. The molecule has 1 aliphatic rings. The summed E-state index contributed by atoms with van der Waals surface area (Å²) in [6, 6.07) is 13.0. The molecule has 152 valence electrons. The summed E-state index contributed by atoms with van der Waals surface area (Å²) < 4.78 is 22.4. The third-order valence-electron chi connectivity index (χ3n) is 5.26. The predicted octanol–water partition coefficient (Wildman–Crippen LogP) is 4.00. The maximum atomic E-state index is 12.7. The summed E-state index contributed by atoms with van der Waals surface area (Å²) in [4.78, 5) is 12.7. The molecule has 1 aromatic heterocycles. The molecule has 3 aromatic rings. The van der Waals surface area contributed by atoms with Crippen LogP contribution in [0.4, 0.5) is 0 Å². The molecule has 6 heteroatoms. The van der Waals surface area contributed by atoms with E-state index in [1.165, 1.54) is 26.0 Å². The summed E-state index contributed by atoms with van der Waals surface area (Å²) in [6.45, 7) is 1.79. The van der Waals surface area contributed by atoms with Crippen molar-refractivity contribution in [2.75, 3.05) is 27.4 Å². The molecule has 1 N–H and O–H groups in total. The Morgan fingerprint density at radius 1 is 1.07 bits per heavy atom. The van der Waals surface area contributed by atoms with Crippen LogP contribution in [0.2, 0.25) is 0 Å². The van der Waals surface area contributed by atoms with Crippen molar-refractivity contribution in [2.24, 2.45) is 0 Å². The van der Waals surface area contributed by atoms with Gasteiger partial charge in [-0.05, 0) is 50.1 Å². The largest absolute Gasteiger partial charge is 0.496 e. The van der Waals surface area contributed by atoms with Crippen molar-refractivity contribution >= 4 is 11.0 Å². The van der Waals surface area contributed by atoms with Gasteiger partial charge in [0.05, 0.1) is 20.8 Å². The van der Waals surface area contributed by atoms with E-state index < -0.39 is 0 Å². The molecular formula is C23H25NO5. The van der Waals surface area contributed by atoms with Gasteiger partial charge < -0.3 is 23.9 Å². The number of rotatable bonds is 7. The summed E-state index contributed by atoms with van der Waals surface area (Å²) >= 11 is 0. The van der Waals surface area contributed by atoms with Gasteiger partial charge in [-0.25, -0.2) is 0 Å². The van der Waals surface area contributed by atoms with Gasteiger partial charge in [-0.1, -0.05) is 0 Å². The fourth-order valence-electron chi connectivity index (χ4n) is 3.69. The van der Waals surface area contributed by atoms with Crippen molar-refractivity contribution in [3.63, 3.8) is 0 Å². The van der Waals surface area contributed by atoms with Gasteiger partial charge in [0, 0.05) is 29.8 Å². The van der Waals surface area contributed by atoms with Crippen molar-refractivity contribution < 1.29 is 18.6 Å². The minimum absolute atomic E-state index is 0.162. The first kappa shape index (κ1) is 19.3. The minimum atomic E-state index is -0.162. The Kier molecular flexibility index (Phi) is 5.71. The first-order valence-corrected chi connectivity index (χ1v) is 9.84. The van der Waals surface area contributed by atoms with Crippen LogP contribution in [0.5, 0.6) is 17.2 Å². The third-order valence-corrected chi connectivity index (χ3v) is 5.26. The average Bonchev–Trinajstić information content (AvgIpc) is 3.26. The summed E-state index contributed by atoms with van der Waals surface area (Å²) in [5.74, 6) is 2.29. The van der Waals surface area contributed by atoms with Gasteiger partial charge in [0.15, 0.2) is 5.43 Å². The quantitative estimate of drug-likeness (QED) is 0.652. The fourth-order valence-corrected chi connectivity index (χ4v) is 3.69. The Morgan fingerprint density at radius 3 is 2.59 bits per heavy atom. The second kappa shape index (κ2) is 8.57. The highest BCUT2D eigenvalue weighted by Gasteiger charge is 2.15. The first-order chi connectivity index (χ1) is 14.2. The lowest BCUT2D eigenvalue weighted by Crippen LogP contribution is -2.23. The van der Waals surface area contributed by atoms with Crippen LogP contribution in [0.25, 0.3) is 22.3 Å². The number of nitrogens with one attached hydrogen (secondary N) is 1. The number of benzene rings is 2. The number of ether oxygens (including phenoxy) is 3. The van der Waals surface area contributed by atoms with E-state index in [9.17, 15) is 4.79 Å². The standard InChI is InChI=1S/C23H25NO5/c1-26-18-12-21(27-2)23-19(25)14-20(29-22(23)13-18)15-5-7-17(8-6-15)28-11-9-16-4-3-10-24-16/h5-8,12-14,16,24H,3-4,9-11H2,1-2H3. The van der Waals surface area contributed by atoms with Crippen molar-refractivity contribution in [3.8, 4) is 28.6 Å². The Morgan fingerprint density at radius 2 is 1.90 bits per heavy atom. The predicted molar refractivity (Wildman–Crippen MR) is 112 cm³/mol. The molecule has 1 atom stereocenters. The maximum absolute atomic E-state index is 12.7. The highest BCUT2D eigenvalue weighted by atomic mass is 16.5. The molecule has 0 aliphatic carbocycles. The van der Waals surface area contributed by atoms with E-state index in [4.69, 9.17) is 18.6 Å². The topological polar surface area (TPSA) is 69.9 Å². The molecule has 0 spiro atoms. The van der Waals surface area contributed by atoms with Crippen LogP contribution in [0.15, 0.2) is 51.7 Å². The molecule has 4 rings (SSSR count). The first-order valence-electron chi connectivity index (χ1n) is 9.84. The molecule has 0 amide bonds. The fraction of sp³-hybridized carbons (Fsp3) is 0.348. The van der Waals surface area contributed by atoms with Gasteiger partial charge in [-0.2, -0.15) is 0 Å². The summed E-state index contributed by atoms with van der Waals surface area (Å²) in [6.07, 6.45) is 3.47. The van der Waals surface area contributed by atoms with E-state index in [1.807, 2.05) is 24.3 Å². The molecule has 0 bridgehead atoms. The molecule has 6 nitrogen and oxygen atoms in total. The van der Waals surface area contributed by atoms with Crippen LogP contribution in [-0.4, -0.2) is 33.4 Å². The van der Waals surface area contributed by atoms with E-state index in [2.05, 4.69) is 5.32 Å². The second-order valence-corrected chi connectivity index (χ2v) is 7.13. The van der Waals surface area contributed by atoms with Crippen molar-refractivity contribution in [2.45, 2.75) is 25.3 Å². The monoisotopic (exact) mass is 395 g/mol. The van der Waals surface area contributed by atoms with Gasteiger partial charge in [0.25, 0.3) is 0 Å². The van der Waals surface area contributed by atoms with Crippen LogP contribution in [0.1, 0.15) is 19.3 Å². The van der Waals surface area contributed by atoms with Crippen molar-refractivity contribution in [1.82, 2.24) is 5.32 Å². The van der Waals surface area contributed by atoms with E-state index in [0.717, 1.165) is 24.3 Å². The molecule has 2 aromatic carbocycles. The highest BCUT2D eigenvalue weighted by Crippen LogP contribution is 2.32. The molecule has 1 aliphatic heterocycles. The maximum Gasteiger partial charge on any atom is 0.197 e. The molecule has 0 saturated carbocycles. The normalized spacial score (nSPS) is 16.1. The van der Waals surface area contributed by atoms with E-state index in [1.54, 1.807) is 19.2 Å². The third kappa shape index (κ3) is 4.22. The van der Waals surface area contributed by atoms with E-state index in [0.29, 0.717) is 40.9 Å². The highest BCUT2D eigenvalue weighted by molar-refractivity contribution is 5.86. The lowest BCUT2D eigenvalue weighted by atomic mass is 10.1. The van der Waals surface area contributed by atoms with Crippen LogP contribution >= 0.6 is 0 Å². The van der Waals surface area contributed by atoms with Crippen molar-refractivity contribution in [1.29, 1.82) is 0 Å². The number of hydrogen-bond donors (Lipinski definition) is 1. The molecule has 29 heavy (non-hydrogen) atoms. The average molecular weight is 395 g/mol. The second-order valence-electron chi connectivity index (χ2n) is 7.13. The Balaban J connectivity index is 1.55. The van der Waals surface area contributed by atoms with Crippen LogP contribution in [0.3, 0.4) is 0 Å². The molecule has 2 heterocycles. The summed E-state index contributed by atoms with van der Waals surface area (Å²) in [5.41, 5.74) is 1.06. The number of fused-ring (bicyclic) bond motifs is 1. The van der Waals surface area contributed by atoms with Crippen LogP contribution in [0, 0.1) is 0 Å². The molecule has 0 radical (unpaired) electrons.